The summed E-state index contributed by atoms with van der Waals surface area (Å²) in [6.45, 7) is -0.471. The maximum absolute atomic E-state index is 12.3. The molecular weight excluding hydrogens is 380 g/mol. The molecule has 0 radical (unpaired) electrons. The highest BCUT2D eigenvalue weighted by molar-refractivity contribution is 7.10. The first-order valence-electron chi connectivity index (χ1n) is 7.97. The molecule has 3 aromatic rings. The molecule has 0 aliphatic carbocycles. The number of amides is 1. The second-order valence-corrected chi connectivity index (χ2v) is 6.04. The van der Waals surface area contributed by atoms with Gasteiger partial charge in [0.25, 0.3) is 5.91 Å². The van der Waals surface area contributed by atoms with Crippen molar-refractivity contribution in [1.29, 1.82) is 0 Å². The summed E-state index contributed by atoms with van der Waals surface area (Å²) in [7, 11) is 0. The lowest BCUT2D eigenvalue weighted by atomic mass is 10.1. The minimum atomic E-state index is -2.92. The third-order valence-electron chi connectivity index (χ3n) is 3.27. The third-order valence-corrected chi connectivity index (χ3v) is 3.88. The van der Waals surface area contributed by atoms with Crippen LogP contribution in [0.3, 0.4) is 0 Å². The van der Waals surface area contributed by atoms with Crippen molar-refractivity contribution in [2.45, 2.75) is 20.0 Å². The van der Waals surface area contributed by atoms with Gasteiger partial charge in [-0.05, 0) is 24.6 Å². The molecule has 0 spiro atoms. The highest BCUT2D eigenvalue weighted by Gasteiger charge is 2.15. The van der Waals surface area contributed by atoms with Gasteiger partial charge in [0.15, 0.2) is 0 Å². The molecule has 0 aliphatic heterocycles. The average molecular weight is 395 g/mol. The monoisotopic (exact) mass is 395 g/mol. The molecule has 0 saturated heterocycles. The van der Waals surface area contributed by atoms with Gasteiger partial charge in [0, 0.05) is 17.1 Å². The van der Waals surface area contributed by atoms with Crippen LogP contribution in [0.25, 0.3) is 11.3 Å². The summed E-state index contributed by atoms with van der Waals surface area (Å²) >= 11 is 0.998. The first-order valence-corrected chi connectivity index (χ1v) is 8.74. The second kappa shape index (κ2) is 8.58. The van der Waals surface area contributed by atoms with Crippen LogP contribution in [-0.4, -0.2) is 28.5 Å². The SMILES string of the molecule is CCCOc1nsc(NC(=O)c2coc(-c3cccc(OC(F)F)c3)c2)n1. The maximum atomic E-state index is 12.3. The summed E-state index contributed by atoms with van der Waals surface area (Å²) in [5.74, 6) is -0.106. The Labute approximate surface area is 157 Å². The number of furan rings is 1. The number of hydrogen-bond acceptors (Lipinski definition) is 7. The lowest BCUT2D eigenvalue weighted by Gasteiger charge is -2.05. The largest absolute Gasteiger partial charge is 0.464 e. The van der Waals surface area contributed by atoms with Crippen LogP contribution in [0, 0.1) is 0 Å². The number of aromatic nitrogens is 2. The number of halogens is 2. The highest BCUT2D eigenvalue weighted by atomic mass is 32.1. The van der Waals surface area contributed by atoms with Crippen molar-refractivity contribution in [3.05, 3.63) is 42.2 Å². The number of alkyl halides is 2. The van der Waals surface area contributed by atoms with Crippen LogP contribution in [0.2, 0.25) is 0 Å². The average Bonchev–Trinajstić information content (AvgIpc) is 3.29. The number of benzene rings is 1. The summed E-state index contributed by atoms with van der Waals surface area (Å²) in [6, 6.07) is 7.71. The van der Waals surface area contributed by atoms with E-state index in [9.17, 15) is 13.6 Å². The Bertz CT molecular complexity index is 913. The molecule has 1 amide bonds. The van der Waals surface area contributed by atoms with E-state index in [-0.39, 0.29) is 17.3 Å². The van der Waals surface area contributed by atoms with Crippen LogP contribution in [0.5, 0.6) is 11.8 Å². The molecular formula is C17H15F2N3O4S. The molecule has 0 bridgehead atoms. The van der Waals surface area contributed by atoms with Crippen molar-refractivity contribution in [2.24, 2.45) is 0 Å². The molecule has 1 N–H and O–H groups in total. The maximum Gasteiger partial charge on any atom is 0.387 e. The zero-order chi connectivity index (χ0) is 19.2. The zero-order valence-corrected chi connectivity index (χ0v) is 15.0. The van der Waals surface area contributed by atoms with Gasteiger partial charge in [0.2, 0.25) is 5.13 Å². The van der Waals surface area contributed by atoms with Gasteiger partial charge in [-0.25, -0.2) is 0 Å². The van der Waals surface area contributed by atoms with Crippen molar-refractivity contribution in [1.82, 2.24) is 9.36 Å². The van der Waals surface area contributed by atoms with E-state index in [1.54, 1.807) is 12.1 Å². The number of ether oxygens (including phenoxy) is 2. The molecule has 0 fully saturated rings. The number of carbonyl (C=O) groups is 1. The van der Waals surface area contributed by atoms with Crippen LogP contribution < -0.4 is 14.8 Å². The van der Waals surface area contributed by atoms with Crippen LogP contribution in [-0.2, 0) is 0 Å². The van der Waals surface area contributed by atoms with E-state index in [4.69, 9.17) is 9.15 Å². The van der Waals surface area contributed by atoms with E-state index in [1.807, 2.05) is 6.92 Å². The minimum Gasteiger partial charge on any atom is -0.464 e. The number of rotatable bonds is 8. The van der Waals surface area contributed by atoms with Crippen LogP contribution in [0.1, 0.15) is 23.7 Å². The van der Waals surface area contributed by atoms with Crippen molar-refractivity contribution < 1.29 is 27.5 Å². The van der Waals surface area contributed by atoms with Gasteiger partial charge < -0.3 is 13.9 Å². The summed E-state index contributed by atoms with van der Waals surface area (Å²) in [4.78, 5) is 16.3. The van der Waals surface area contributed by atoms with Gasteiger partial charge in [0.05, 0.1) is 12.2 Å². The van der Waals surface area contributed by atoms with Gasteiger partial charge >= 0.3 is 12.6 Å². The Morgan fingerprint density at radius 1 is 1.37 bits per heavy atom. The van der Waals surface area contributed by atoms with E-state index in [1.165, 1.54) is 24.5 Å². The van der Waals surface area contributed by atoms with E-state index < -0.39 is 12.5 Å². The standard InChI is InChI=1S/C17H15F2N3O4S/c1-2-6-24-16-21-17(27-22-16)20-14(23)11-8-13(25-9-11)10-4-3-5-12(7-10)26-15(18)19/h3-5,7-9,15H,2,6H2,1H3,(H,20,21,22,23). The van der Waals surface area contributed by atoms with Crippen LogP contribution >= 0.6 is 11.5 Å². The van der Waals surface area contributed by atoms with Crippen molar-refractivity contribution in [3.63, 3.8) is 0 Å². The second-order valence-electron chi connectivity index (χ2n) is 5.29. The third kappa shape index (κ3) is 5.00. The lowest BCUT2D eigenvalue weighted by molar-refractivity contribution is -0.0498. The Morgan fingerprint density at radius 3 is 3.00 bits per heavy atom. The quantitative estimate of drug-likeness (QED) is 0.607. The predicted molar refractivity (Wildman–Crippen MR) is 94.4 cm³/mol. The summed E-state index contributed by atoms with van der Waals surface area (Å²) in [5, 5.41) is 2.89. The smallest absolute Gasteiger partial charge is 0.387 e. The number of nitrogens with zero attached hydrogens (tertiary/aromatic N) is 2. The van der Waals surface area contributed by atoms with Gasteiger partial charge in [-0.2, -0.15) is 13.8 Å². The molecule has 0 atom stereocenters. The molecule has 27 heavy (non-hydrogen) atoms. The van der Waals surface area contributed by atoms with E-state index >= 15 is 0 Å². The van der Waals surface area contributed by atoms with E-state index in [0.717, 1.165) is 18.0 Å². The fourth-order valence-corrected chi connectivity index (χ4v) is 2.63. The predicted octanol–water partition coefficient (Wildman–Crippen LogP) is 4.44. The molecule has 1 aromatic carbocycles. The molecule has 0 saturated carbocycles. The fraction of sp³-hybridized carbons (Fsp3) is 0.235. The molecule has 142 valence electrons. The molecule has 0 aliphatic rings. The van der Waals surface area contributed by atoms with Gasteiger partial charge in [0.1, 0.15) is 17.8 Å². The highest BCUT2D eigenvalue weighted by Crippen LogP contribution is 2.27. The summed E-state index contributed by atoms with van der Waals surface area (Å²) in [5.41, 5.74) is 0.745. The van der Waals surface area contributed by atoms with E-state index in [0.29, 0.717) is 23.1 Å². The van der Waals surface area contributed by atoms with Crippen molar-refractivity contribution in [2.75, 3.05) is 11.9 Å². The lowest BCUT2D eigenvalue weighted by Crippen LogP contribution is -2.10. The molecule has 10 heteroatoms. The van der Waals surface area contributed by atoms with Crippen molar-refractivity contribution in [3.8, 4) is 23.1 Å². The first kappa shape index (κ1) is 18.8. The fourth-order valence-electron chi connectivity index (χ4n) is 2.11. The van der Waals surface area contributed by atoms with Gasteiger partial charge in [-0.15, -0.1) is 4.37 Å². The van der Waals surface area contributed by atoms with Gasteiger partial charge in [-0.1, -0.05) is 19.1 Å². The molecule has 2 heterocycles. The summed E-state index contributed by atoms with van der Waals surface area (Å²) in [6.07, 6.45) is 2.09. The number of carbonyl (C=O) groups excluding carboxylic acids is 1. The zero-order valence-electron chi connectivity index (χ0n) is 14.1. The Kier molecular flexibility index (Phi) is 5.97. The van der Waals surface area contributed by atoms with E-state index in [2.05, 4.69) is 19.4 Å². The number of nitrogens with one attached hydrogen (secondary N) is 1. The topological polar surface area (TPSA) is 86.5 Å². The molecule has 3 rings (SSSR count). The Balaban J connectivity index is 1.68. The van der Waals surface area contributed by atoms with Crippen LogP contribution in [0.15, 0.2) is 41.0 Å². The number of anilines is 1. The first-order chi connectivity index (χ1) is 13.0. The molecule has 0 unspecified atom stereocenters. The Morgan fingerprint density at radius 2 is 2.22 bits per heavy atom. The normalized spacial score (nSPS) is 10.8. The van der Waals surface area contributed by atoms with Crippen molar-refractivity contribution >= 4 is 22.6 Å². The molecule has 2 aromatic heterocycles. The Hall–Kier alpha value is -3.01. The minimum absolute atomic E-state index is 0.00151. The number of hydrogen-bond donors (Lipinski definition) is 1. The van der Waals surface area contributed by atoms with Gasteiger partial charge in [-0.3, -0.25) is 10.1 Å². The molecule has 7 nitrogen and oxygen atoms in total. The summed E-state index contributed by atoms with van der Waals surface area (Å²) < 4.78 is 43.6. The van der Waals surface area contributed by atoms with Crippen LogP contribution in [0.4, 0.5) is 13.9 Å².